The van der Waals surface area contributed by atoms with Crippen LogP contribution in [0.1, 0.15) is 30.2 Å². The topological polar surface area (TPSA) is 41.3 Å². The summed E-state index contributed by atoms with van der Waals surface area (Å²) in [6, 6.07) is 5.46. The molecule has 1 aliphatic carbocycles. The smallest absolute Gasteiger partial charge is 0.0561 e. The van der Waals surface area contributed by atoms with E-state index in [2.05, 4.69) is 41.8 Å². The highest BCUT2D eigenvalue weighted by Gasteiger charge is 2.26. The second-order valence-corrected chi connectivity index (χ2v) is 6.42. The third-order valence-electron chi connectivity index (χ3n) is 4.03. The summed E-state index contributed by atoms with van der Waals surface area (Å²) in [7, 11) is 4.31. The van der Waals surface area contributed by atoms with E-state index >= 15 is 0 Å². The average Bonchev–Trinajstić information content (AvgIpc) is 2.99. The number of nitrogens with two attached hydrogens (primary N) is 1. The van der Waals surface area contributed by atoms with Crippen molar-refractivity contribution in [2.24, 2.45) is 11.7 Å². The fraction of sp³-hybridized carbons (Fsp3) is 0.714. The fourth-order valence-corrected chi connectivity index (χ4v) is 3.79. The highest BCUT2D eigenvalue weighted by Crippen LogP contribution is 2.27. The van der Waals surface area contributed by atoms with Crippen LogP contribution in [0.2, 0.25) is 0 Å². The molecule has 1 aromatic rings. The van der Waals surface area contributed by atoms with E-state index in [-0.39, 0.29) is 0 Å². The monoisotopic (exact) mass is 267 g/mol. The van der Waals surface area contributed by atoms with Crippen LogP contribution in [-0.4, -0.2) is 38.1 Å². The van der Waals surface area contributed by atoms with Crippen molar-refractivity contribution < 1.29 is 0 Å². The van der Waals surface area contributed by atoms with Crippen molar-refractivity contribution in [3.63, 3.8) is 0 Å². The van der Waals surface area contributed by atoms with E-state index in [9.17, 15) is 0 Å². The van der Waals surface area contributed by atoms with Gasteiger partial charge in [-0.15, -0.1) is 11.3 Å². The Kier molecular flexibility index (Phi) is 5.18. The maximum atomic E-state index is 5.84. The van der Waals surface area contributed by atoms with Gasteiger partial charge in [0.1, 0.15) is 0 Å². The summed E-state index contributed by atoms with van der Waals surface area (Å²) >= 11 is 1.84. The zero-order valence-corrected chi connectivity index (χ0v) is 12.2. The van der Waals surface area contributed by atoms with Crippen LogP contribution in [0.15, 0.2) is 17.5 Å². The number of nitrogens with one attached hydrogen (secondary N) is 1. The molecule has 0 amide bonds. The molecule has 18 heavy (non-hydrogen) atoms. The number of hydrogen-bond donors (Lipinski definition) is 2. The summed E-state index contributed by atoms with van der Waals surface area (Å²) < 4.78 is 0. The van der Waals surface area contributed by atoms with Crippen LogP contribution in [0, 0.1) is 5.92 Å². The molecule has 3 unspecified atom stereocenters. The van der Waals surface area contributed by atoms with E-state index in [4.69, 9.17) is 5.73 Å². The molecule has 0 spiro atoms. The first-order chi connectivity index (χ1) is 8.72. The molecule has 1 fully saturated rings. The molecule has 3 atom stereocenters. The minimum Gasteiger partial charge on any atom is -0.330 e. The van der Waals surface area contributed by atoms with Gasteiger partial charge in [0.15, 0.2) is 0 Å². The lowest BCUT2D eigenvalue weighted by Crippen LogP contribution is -2.40. The second kappa shape index (κ2) is 6.66. The summed E-state index contributed by atoms with van der Waals surface area (Å²) in [6.07, 6.45) is 3.90. The summed E-state index contributed by atoms with van der Waals surface area (Å²) in [5.74, 6) is 0.677. The average molecular weight is 267 g/mol. The molecule has 2 rings (SSSR count). The minimum atomic E-state index is 0.476. The molecule has 1 heterocycles. The van der Waals surface area contributed by atoms with Crippen molar-refractivity contribution in [3.8, 4) is 0 Å². The Hall–Kier alpha value is -0.420. The standard InChI is InChI=1S/C14H25N3S/c1-17(2)13(14-7-4-8-18-14)10-16-12-6-3-5-11(12)9-15/h4,7-8,11-13,16H,3,5-6,9-10,15H2,1-2H3. The molecule has 102 valence electrons. The van der Waals surface area contributed by atoms with Crippen LogP contribution < -0.4 is 11.1 Å². The van der Waals surface area contributed by atoms with E-state index in [1.807, 2.05) is 11.3 Å². The zero-order valence-electron chi connectivity index (χ0n) is 11.4. The van der Waals surface area contributed by atoms with Crippen LogP contribution >= 0.6 is 11.3 Å². The van der Waals surface area contributed by atoms with Crippen LogP contribution in [0.3, 0.4) is 0 Å². The van der Waals surface area contributed by atoms with Crippen molar-refractivity contribution in [1.29, 1.82) is 0 Å². The SMILES string of the molecule is CN(C)C(CNC1CCCC1CN)c1cccs1. The van der Waals surface area contributed by atoms with Gasteiger partial charge in [-0.3, -0.25) is 0 Å². The predicted molar refractivity (Wildman–Crippen MR) is 78.9 cm³/mol. The lowest BCUT2D eigenvalue weighted by Gasteiger charge is -2.27. The van der Waals surface area contributed by atoms with E-state index in [1.54, 1.807) is 0 Å². The largest absolute Gasteiger partial charge is 0.330 e. The van der Waals surface area contributed by atoms with E-state index in [0.717, 1.165) is 13.1 Å². The Morgan fingerprint density at radius 1 is 1.50 bits per heavy atom. The van der Waals surface area contributed by atoms with Crippen LogP contribution in [0.4, 0.5) is 0 Å². The Morgan fingerprint density at radius 2 is 2.33 bits per heavy atom. The predicted octanol–water partition coefficient (Wildman–Crippen LogP) is 2.07. The van der Waals surface area contributed by atoms with E-state index in [0.29, 0.717) is 18.0 Å². The number of thiophene rings is 1. The molecular formula is C14H25N3S. The zero-order chi connectivity index (χ0) is 13.0. The molecular weight excluding hydrogens is 242 g/mol. The molecule has 1 aliphatic rings. The number of rotatable bonds is 6. The highest BCUT2D eigenvalue weighted by molar-refractivity contribution is 7.10. The third kappa shape index (κ3) is 3.32. The summed E-state index contributed by atoms with van der Waals surface area (Å²) in [5.41, 5.74) is 5.84. The van der Waals surface area contributed by atoms with E-state index < -0.39 is 0 Å². The molecule has 3 nitrogen and oxygen atoms in total. The summed E-state index contributed by atoms with van der Waals surface area (Å²) in [5, 5.41) is 5.89. The molecule has 1 aromatic heterocycles. The lowest BCUT2D eigenvalue weighted by molar-refractivity contribution is 0.273. The van der Waals surface area contributed by atoms with Crippen molar-refractivity contribution >= 4 is 11.3 Å². The maximum absolute atomic E-state index is 5.84. The number of hydrogen-bond acceptors (Lipinski definition) is 4. The van der Waals surface area contributed by atoms with Gasteiger partial charge in [0.2, 0.25) is 0 Å². The quantitative estimate of drug-likeness (QED) is 0.829. The first-order valence-electron chi connectivity index (χ1n) is 6.85. The minimum absolute atomic E-state index is 0.476. The van der Waals surface area contributed by atoms with Gasteiger partial charge in [-0.2, -0.15) is 0 Å². The normalized spacial score (nSPS) is 25.8. The molecule has 0 saturated heterocycles. The summed E-state index contributed by atoms with van der Waals surface area (Å²) in [6.45, 7) is 1.85. The van der Waals surface area contributed by atoms with Gasteiger partial charge in [0.05, 0.1) is 6.04 Å². The Labute approximate surface area is 114 Å². The van der Waals surface area contributed by atoms with Crippen LogP contribution in [0.25, 0.3) is 0 Å². The molecule has 4 heteroatoms. The van der Waals surface area contributed by atoms with Gasteiger partial charge in [0.25, 0.3) is 0 Å². The summed E-state index contributed by atoms with van der Waals surface area (Å²) in [4.78, 5) is 3.74. The first kappa shape index (κ1) is 14.0. The van der Waals surface area contributed by atoms with Gasteiger partial charge in [-0.25, -0.2) is 0 Å². The van der Waals surface area contributed by atoms with Crippen molar-refractivity contribution in [1.82, 2.24) is 10.2 Å². The Morgan fingerprint density at radius 3 is 2.94 bits per heavy atom. The lowest BCUT2D eigenvalue weighted by atomic mass is 10.0. The Bertz CT molecular complexity index is 337. The highest BCUT2D eigenvalue weighted by atomic mass is 32.1. The second-order valence-electron chi connectivity index (χ2n) is 5.44. The number of nitrogens with zero attached hydrogens (tertiary/aromatic N) is 1. The van der Waals surface area contributed by atoms with Crippen LogP contribution in [-0.2, 0) is 0 Å². The molecule has 0 bridgehead atoms. The number of likely N-dealkylation sites (N-methyl/N-ethyl adjacent to an activating group) is 1. The third-order valence-corrected chi connectivity index (χ3v) is 5.00. The fourth-order valence-electron chi connectivity index (χ4n) is 2.87. The van der Waals surface area contributed by atoms with Gasteiger partial charge in [-0.1, -0.05) is 12.5 Å². The van der Waals surface area contributed by atoms with Crippen molar-refractivity contribution in [2.75, 3.05) is 27.2 Å². The van der Waals surface area contributed by atoms with Crippen molar-refractivity contribution in [3.05, 3.63) is 22.4 Å². The van der Waals surface area contributed by atoms with Gasteiger partial charge < -0.3 is 16.0 Å². The first-order valence-corrected chi connectivity index (χ1v) is 7.73. The van der Waals surface area contributed by atoms with Gasteiger partial charge in [-0.05, 0) is 50.8 Å². The molecule has 0 aromatic carbocycles. The maximum Gasteiger partial charge on any atom is 0.0561 e. The molecule has 1 saturated carbocycles. The van der Waals surface area contributed by atoms with Gasteiger partial charge >= 0.3 is 0 Å². The van der Waals surface area contributed by atoms with Crippen LogP contribution in [0.5, 0.6) is 0 Å². The molecule has 3 N–H and O–H groups in total. The molecule has 0 aliphatic heterocycles. The van der Waals surface area contributed by atoms with E-state index in [1.165, 1.54) is 24.1 Å². The molecule has 0 radical (unpaired) electrons. The Balaban J connectivity index is 1.90. The van der Waals surface area contributed by atoms with Gasteiger partial charge in [0, 0.05) is 17.5 Å². The van der Waals surface area contributed by atoms with Crippen molar-refractivity contribution in [2.45, 2.75) is 31.3 Å².